The maximum Gasteiger partial charge on any atom is 0.161 e. The van der Waals surface area contributed by atoms with Gasteiger partial charge in [0.25, 0.3) is 0 Å². The molecule has 0 N–H and O–H groups in total. The molecule has 0 unspecified atom stereocenters. The number of unbranched alkanes of at least 4 members (excludes halogenated alkanes) is 12. The van der Waals surface area contributed by atoms with Crippen LogP contribution < -0.4 is 18.9 Å². The quantitative estimate of drug-likeness (QED) is 0.114. The first-order valence-corrected chi connectivity index (χ1v) is 16.5. The first-order valence-electron chi connectivity index (χ1n) is 16.5. The third-order valence-corrected chi connectivity index (χ3v) is 7.24. The number of ether oxygens (including phenoxy) is 4. The molecule has 0 fully saturated rings. The molecular formula is C36H58O4. The average molecular weight is 555 g/mol. The van der Waals surface area contributed by atoms with Gasteiger partial charge in [-0.3, -0.25) is 0 Å². The van der Waals surface area contributed by atoms with Crippen molar-refractivity contribution in [2.45, 2.75) is 130 Å². The van der Waals surface area contributed by atoms with Gasteiger partial charge in [-0.25, -0.2) is 0 Å². The van der Waals surface area contributed by atoms with Crippen LogP contribution in [0, 0.1) is 0 Å². The molecule has 0 aliphatic carbocycles. The summed E-state index contributed by atoms with van der Waals surface area (Å²) in [6, 6.07) is 12.7. The first-order chi connectivity index (χ1) is 19.7. The Bertz CT molecular complexity index is 821. The summed E-state index contributed by atoms with van der Waals surface area (Å²) in [4.78, 5) is 0. The van der Waals surface area contributed by atoms with Gasteiger partial charge in [-0.2, -0.15) is 0 Å². The summed E-state index contributed by atoms with van der Waals surface area (Å²) in [5.74, 6) is 3.36. The summed E-state index contributed by atoms with van der Waals surface area (Å²) in [6.07, 6.45) is 19.0. The molecule has 2 aromatic rings. The Morgan fingerprint density at radius 1 is 0.350 bits per heavy atom. The predicted octanol–water partition coefficient (Wildman–Crippen LogP) is 11.2. The van der Waals surface area contributed by atoms with Gasteiger partial charge in [0.2, 0.25) is 0 Å². The average Bonchev–Trinajstić information content (AvgIpc) is 2.97. The molecule has 4 nitrogen and oxygen atoms in total. The maximum absolute atomic E-state index is 6.28. The molecule has 0 atom stereocenters. The van der Waals surface area contributed by atoms with Crippen LogP contribution in [-0.2, 0) is 0 Å². The van der Waals surface area contributed by atoms with E-state index in [9.17, 15) is 0 Å². The van der Waals surface area contributed by atoms with Crippen molar-refractivity contribution < 1.29 is 18.9 Å². The lowest BCUT2D eigenvalue weighted by Crippen LogP contribution is -2.04. The van der Waals surface area contributed by atoms with E-state index in [2.05, 4.69) is 64.1 Å². The van der Waals surface area contributed by atoms with Crippen molar-refractivity contribution in [2.24, 2.45) is 0 Å². The van der Waals surface area contributed by atoms with E-state index in [1.54, 1.807) is 0 Å². The standard InChI is InChI=1S/C36H58O4/c1-5-9-13-17-25-37-33-23-21-31(29-35(33)39-27-19-15-11-7-3)32-22-24-34(38-26-18-14-10-6-2)36(30-32)40-28-20-16-12-8-4/h21-24,29-30H,5-20,25-28H2,1-4H3. The normalized spacial score (nSPS) is 11.0. The Hall–Kier alpha value is -2.36. The zero-order valence-corrected chi connectivity index (χ0v) is 26.2. The summed E-state index contributed by atoms with van der Waals surface area (Å²) >= 11 is 0. The predicted molar refractivity (Wildman–Crippen MR) is 170 cm³/mol. The molecule has 0 aliphatic heterocycles. The summed E-state index contributed by atoms with van der Waals surface area (Å²) in [5.41, 5.74) is 2.21. The van der Waals surface area contributed by atoms with Crippen LogP contribution in [0.3, 0.4) is 0 Å². The fourth-order valence-corrected chi connectivity index (χ4v) is 4.68. The molecule has 0 bridgehead atoms. The molecular weight excluding hydrogens is 496 g/mol. The van der Waals surface area contributed by atoms with E-state index >= 15 is 0 Å². The van der Waals surface area contributed by atoms with Gasteiger partial charge in [0.05, 0.1) is 26.4 Å². The highest BCUT2D eigenvalue weighted by atomic mass is 16.5. The summed E-state index contributed by atoms with van der Waals surface area (Å²) < 4.78 is 24.9. The van der Waals surface area contributed by atoms with Crippen LogP contribution in [0.4, 0.5) is 0 Å². The Morgan fingerprint density at radius 2 is 0.650 bits per heavy atom. The van der Waals surface area contributed by atoms with Gasteiger partial charge in [-0.15, -0.1) is 0 Å². The second-order valence-electron chi connectivity index (χ2n) is 11.0. The van der Waals surface area contributed by atoms with Gasteiger partial charge < -0.3 is 18.9 Å². The van der Waals surface area contributed by atoms with E-state index in [0.717, 1.165) is 73.0 Å². The largest absolute Gasteiger partial charge is 0.490 e. The van der Waals surface area contributed by atoms with E-state index in [4.69, 9.17) is 18.9 Å². The van der Waals surface area contributed by atoms with Crippen LogP contribution in [-0.4, -0.2) is 26.4 Å². The first kappa shape index (κ1) is 33.8. The summed E-state index contributed by atoms with van der Waals surface area (Å²) in [7, 11) is 0. The van der Waals surface area contributed by atoms with Crippen LogP contribution in [0.5, 0.6) is 23.0 Å². The second kappa shape index (κ2) is 22.3. The third-order valence-electron chi connectivity index (χ3n) is 7.24. The van der Waals surface area contributed by atoms with Crippen molar-refractivity contribution in [3.05, 3.63) is 36.4 Å². The number of hydrogen-bond acceptors (Lipinski definition) is 4. The van der Waals surface area contributed by atoms with E-state index < -0.39 is 0 Å². The Labute approximate surface area is 246 Å². The molecule has 4 heteroatoms. The van der Waals surface area contributed by atoms with Gasteiger partial charge in [0.1, 0.15) is 0 Å². The lowest BCUT2D eigenvalue weighted by atomic mass is 10.0. The van der Waals surface area contributed by atoms with Crippen molar-refractivity contribution >= 4 is 0 Å². The Morgan fingerprint density at radius 3 is 0.950 bits per heavy atom. The second-order valence-corrected chi connectivity index (χ2v) is 11.0. The summed E-state index contributed by atoms with van der Waals surface area (Å²) in [6.45, 7) is 11.8. The molecule has 0 heterocycles. The van der Waals surface area contributed by atoms with Gasteiger partial charge in [-0.1, -0.05) is 117 Å². The minimum atomic E-state index is 0.715. The van der Waals surface area contributed by atoms with Crippen molar-refractivity contribution in [3.63, 3.8) is 0 Å². The Balaban J connectivity index is 2.18. The highest BCUT2D eigenvalue weighted by molar-refractivity contribution is 5.70. The molecule has 0 spiro atoms. The SMILES string of the molecule is CCCCCCOc1ccc(-c2ccc(OCCCCCC)c(OCCCCCC)c2)cc1OCCCCCC. The van der Waals surface area contributed by atoms with Crippen LogP contribution in [0.15, 0.2) is 36.4 Å². The minimum Gasteiger partial charge on any atom is -0.490 e. The van der Waals surface area contributed by atoms with Crippen molar-refractivity contribution in [1.29, 1.82) is 0 Å². The molecule has 0 saturated heterocycles. The maximum atomic E-state index is 6.28. The van der Waals surface area contributed by atoms with Crippen LogP contribution in [0.25, 0.3) is 11.1 Å². The minimum absolute atomic E-state index is 0.715. The molecule has 0 radical (unpaired) electrons. The lowest BCUT2D eigenvalue weighted by Gasteiger charge is -2.17. The molecule has 0 aliphatic rings. The fraction of sp³-hybridized carbons (Fsp3) is 0.667. The number of hydrogen-bond donors (Lipinski definition) is 0. The van der Waals surface area contributed by atoms with Gasteiger partial charge in [0, 0.05) is 0 Å². The van der Waals surface area contributed by atoms with E-state index in [-0.39, 0.29) is 0 Å². The Kier molecular flexibility index (Phi) is 18.9. The van der Waals surface area contributed by atoms with E-state index in [1.165, 1.54) is 77.0 Å². The van der Waals surface area contributed by atoms with Crippen molar-refractivity contribution in [3.8, 4) is 34.1 Å². The molecule has 0 aromatic heterocycles. The lowest BCUT2D eigenvalue weighted by molar-refractivity contribution is 0.258. The number of benzene rings is 2. The smallest absolute Gasteiger partial charge is 0.161 e. The van der Waals surface area contributed by atoms with Gasteiger partial charge in [0.15, 0.2) is 23.0 Å². The third kappa shape index (κ3) is 13.8. The van der Waals surface area contributed by atoms with E-state index in [1.807, 2.05) is 0 Å². The molecule has 2 aromatic carbocycles. The van der Waals surface area contributed by atoms with E-state index in [0.29, 0.717) is 13.2 Å². The topological polar surface area (TPSA) is 36.9 Å². The fourth-order valence-electron chi connectivity index (χ4n) is 4.68. The van der Waals surface area contributed by atoms with Gasteiger partial charge in [-0.05, 0) is 61.1 Å². The number of rotatable bonds is 25. The van der Waals surface area contributed by atoms with Crippen LogP contribution >= 0.6 is 0 Å². The van der Waals surface area contributed by atoms with Crippen LogP contribution in [0.1, 0.15) is 130 Å². The molecule has 226 valence electrons. The summed E-state index contributed by atoms with van der Waals surface area (Å²) in [5, 5.41) is 0. The zero-order chi connectivity index (χ0) is 28.7. The highest BCUT2D eigenvalue weighted by Crippen LogP contribution is 2.37. The molecule has 0 amide bonds. The van der Waals surface area contributed by atoms with Crippen molar-refractivity contribution in [1.82, 2.24) is 0 Å². The monoisotopic (exact) mass is 554 g/mol. The molecule has 40 heavy (non-hydrogen) atoms. The van der Waals surface area contributed by atoms with Crippen molar-refractivity contribution in [2.75, 3.05) is 26.4 Å². The zero-order valence-electron chi connectivity index (χ0n) is 26.2. The molecule has 2 rings (SSSR count). The van der Waals surface area contributed by atoms with Gasteiger partial charge >= 0.3 is 0 Å². The molecule has 0 saturated carbocycles. The highest BCUT2D eigenvalue weighted by Gasteiger charge is 2.12. The van der Waals surface area contributed by atoms with Crippen LogP contribution in [0.2, 0.25) is 0 Å².